The van der Waals surface area contributed by atoms with Crippen LogP contribution < -0.4 is 21.3 Å². The van der Waals surface area contributed by atoms with Gasteiger partial charge in [0.05, 0.1) is 6.04 Å². The van der Waals surface area contributed by atoms with Crippen LogP contribution in [0.5, 0.6) is 11.5 Å². The van der Waals surface area contributed by atoms with Gasteiger partial charge in [0.15, 0.2) is 11.6 Å². The quantitative estimate of drug-likeness (QED) is 0.239. The zero-order valence-electron chi connectivity index (χ0n) is 23.6. The summed E-state index contributed by atoms with van der Waals surface area (Å²) < 4.78 is 61.7. The number of hydrogen-bond acceptors (Lipinski definition) is 6. The van der Waals surface area contributed by atoms with Crippen LogP contribution in [0.1, 0.15) is 33.6 Å². The summed E-state index contributed by atoms with van der Waals surface area (Å²) in [6.07, 6.45) is 8.59. The number of pyridine rings is 1. The van der Waals surface area contributed by atoms with Gasteiger partial charge in [-0.2, -0.15) is 0 Å². The van der Waals surface area contributed by atoms with Gasteiger partial charge >= 0.3 is 0 Å². The molecule has 224 valence electrons. The van der Waals surface area contributed by atoms with Gasteiger partial charge < -0.3 is 20.8 Å². The van der Waals surface area contributed by atoms with E-state index in [0.29, 0.717) is 29.3 Å². The molecule has 0 fully saturated rings. The summed E-state index contributed by atoms with van der Waals surface area (Å²) in [7, 11) is -4.13. The Morgan fingerprint density at radius 1 is 1.16 bits per heavy atom. The van der Waals surface area contributed by atoms with Crippen molar-refractivity contribution >= 4 is 32.5 Å². The lowest BCUT2D eigenvalue weighted by Gasteiger charge is -2.31. The van der Waals surface area contributed by atoms with Crippen molar-refractivity contribution in [3.63, 3.8) is 0 Å². The molecule has 4 N–H and O–H groups in total. The molecule has 1 aliphatic rings. The number of rotatable bonds is 8. The second-order valence-corrected chi connectivity index (χ2v) is 12.8. The van der Waals surface area contributed by atoms with Gasteiger partial charge in [0.1, 0.15) is 21.8 Å². The predicted octanol–water partition coefficient (Wildman–Crippen LogP) is 5.59. The van der Waals surface area contributed by atoms with Crippen molar-refractivity contribution in [1.29, 1.82) is 0 Å². The smallest absolute Gasteiger partial charge is 0.273 e. The number of carbonyl (C=O) groups is 1. The third-order valence-electron chi connectivity index (χ3n) is 7.78. The van der Waals surface area contributed by atoms with Crippen molar-refractivity contribution in [3.05, 3.63) is 101 Å². The zero-order chi connectivity index (χ0) is 31.1. The highest BCUT2D eigenvalue weighted by Gasteiger charge is 2.43. The summed E-state index contributed by atoms with van der Waals surface area (Å²) in [4.78, 5) is 28.3. The number of nitrogens with two attached hydrogens (primary N) is 1. The predicted molar refractivity (Wildman–Crippen MR) is 162 cm³/mol. The summed E-state index contributed by atoms with van der Waals surface area (Å²) >= 11 is 0. The first-order valence-electron chi connectivity index (χ1n) is 13.5. The van der Waals surface area contributed by atoms with Crippen LogP contribution in [0.15, 0.2) is 83.5 Å². The zero-order valence-corrected chi connectivity index (χ0v) is 24.5. The van der Waals surface area contributed by atoms with Crippen LogP contribution in [0.2, 0.25) is 0 Å². The monoisotopic (exact) mass is 608 g/mol. The van der Waals surface area contributed by atoms with E-state index in [1.54, 1.807) is 39.0 Å². The molecular formula is C31H30F2N4O5S. The van der Waals surface area contributed by atoms with Gasteiger partial charge in [0, 0.05) is 40.7 Å². The molecule has 12 heteroatoms. The lowest BCUT2D eigenvalue weighted by molar-refractivity contribution is -0.117. The fourth-order valence-corrected chi connectivity index (χ4v) is 6.79. The Hall–Kier alpha value is -4.55. The molecule has 0 bridgehead atoms. The van der Waals surface area contributed by atoms with E-state index < -0.39 is 43.9 Å². The molecule has 0 saturated carbocycles. The lowest BCUT2D eigenvalue weighted by Crippen LogP contribution is -2.41. The number of allylic oxidation sites excluding steroid dienone is 3. The first-order valence-corrected chi connectivity index (χ1v) is 15.0. The van der Waals surface area contributed by atoms with E-state index >= 15 is 0 Å². The van der Waals surface area contributed by atoms with Gasteiger partial charge in [-0.15, -0.1) is 0 Å². The van der Waals surface area contributed by atoms with Crippen molar-refractivity contribution in [2.24, 2.45) is 5.73 Å². The number of nitrogens with zero attached hydrogens (tertiary/aromatic N) is 1. The first kappa shape index (κ1) is 29.9. The number of H-pyrrole nitrogens is 1. The highest BCUT2D eigenvalue weighted by Crippen LogP contribution is 2.41. The van der Waals surface area contributed by atoms with E-state index in [4.69, 9.17) is 10.5 Å². The number of ether oxygens (including phenoxy) is 1. The Labute approximate surface area is 246 Å². The summed E-state index contributed by atoms with van der Waals surface area (Å²) in [5.74, 6) is -2.34. The van der Waals surface area contributed by atoms with Crippen LogP contribution >= 0.6 is 0 Å². The minimum atomic E-state index is -4.13. The Bertz CT molecular complexity index is 1980. The minimum absolute atomic E-state index is 0.0930. The maximum Gasteiger partial charge on any atom is 0.273 e. The van der Waals surface area contributed by atoms with Crippen molar-refractivity contribution in [2.45, 2.75) is 44.4 Å². The van der Waals surface area contributed by atoms with E-state index in [0.717, 1.165) is 16.1 Å². The van der Waals surface area contributed by atoms with Crippen LogP contribution in [0.3, 0.4) is 0 Å². The number of hydrogen-bond donors (Lipinski definition) is 3. The topological polar surface area (TPSA) is 136 Å². The Balaban J connectivity index is 1.70. The van der Waals surface area contributed by atoms with Crippen molar-refractivity contribution in [3.8, 4) is 22.6 Å². The van der Waals surface area contributed by atoms with E-state index in [1.807, 2.05) is 0 Å². The van der Waals surface area contributed by atoms with Gasteiger partial charge in [-0.3, -0.25) is 9.59 Å². The standard InChI is InChI=1S/C31H30F2N4O5S/c1-4-25(34)29(38)36-20-9-11-26(42-27-10-8-19(32)15-24(27)33)22(16-20)23-17-35-30(39)28-21(23)12-14-37(28)43(40,41)31(3)13-6-5-7-18(31)2/h5-12,14-17,25H,4,13,34H2,1-3H3,(H,35,39)(H,36,38)/t25-,31?/m0/s1. The number of amides is 1. The molecular weight excluding hydrogens is 578 g/mol. The average Bonchev–Trinajstić information content (AvgIpc) is 3.44. The van der Waals surface area contributed by atoms with E-state index in [9.17, 15) is 26.8 Å². The van der Waals surface area contributed by atoms with Crippen molar-refractivity contribution in [2.75, 3.05) is 5.32 Å². The second kappa shape index (κ2) is 11.3. The number of aromatic amines is 1. The fraction of sp³-hybridized carbons (Fsp3) is 0.226. The molecule has 2 aromatic carbocycles. The number of anilines is 1. The highest BCUT2D eigenvalue weighted by molar-refractivity contribution is 7.91. The molecule has 0 saturated heterocycles. The summed E-state index contributed by atoms with van der Waals surface area (Å²) in [5, 5.41) is 2.99. The van der Waals surface area contributed by atoms with Gasteiger partial charge in [0.25, 0.3) is 5.56 Å². The minimum Gasteiger partial charge on any atom is -0.454 e. The van der Waals surface area contributed by atoms with Crippen LogP contribution in [-0.2, 0) is 14.8 Å². The summed E-state index contributed by atoms with van der Waals surface area (Å²) in [5.41, 5.74) is 6.67. The first-order chi connectivity index (χ1) is 20.4. The maximum atomic E-state index is 14.6. The molecule has 4 aromatic rings. The van der Waals surface area contributed by atoms with Gasteiger partial charge in [-0.1, -0.05) is 30.7 Å². The summed E-state index contributed by atoms with van der Waals surface area (Å²) in [6.45, 7) is 5.10. The molecule has 2 atom stereocenters. The van der Waals surface area contributed by atoms with Gasteiger partial charge in [-0.05, 0) is 63.1 Å². The molecule has 5 rings (SSSR count). The molecule has 0 aliphatic heterocycles. The van der Waals surface area contributed by atoms with Gasteiger partial charge in [-0.25, -0.2) is 21.2 Å². The molecule has 9 nitrogen and oxygen atoms in total. The molecule has 0 spiro atoms. The fourth-order valence-electron chi connectivity index (χ4n) is 4.93. The number of halogens is 2. The van der Waals surface area contributed by atoms with E-state index in [2.05, 4.69) is 10.3 Å². The lowest BCUT2D eigenvalue weighted by atomic mass is 9.94. The maximum absolute atomic E-state index is 14.6. The van der Waals surface area contributed by atoms with E-state index in [1.165, 1.54) is 36.7 Å². The number of fused-ring (bicyclic) bond motifs is 1. The van der Waals surface area contributed by atoms with Crippen LogP contribution in [-0.4, -0.2) is 34.1 Å². The van der Waals surface area contributed by atoms with E-state index in [-0.39, 0.29) is 34.4 Å². The SMILES string of the molecule is CC[C@H](N)C(=O)Nc1ccc(Oc2ccc(F)cc2F)c(-c2c[nH]c(=O)c3c2ccn3S(=O)(=O)C2(C)CC=CC=C2C)c1. The largest absolute Gasteiger partial charge is 0.454 e. The molecule has 0 radical (unpaired) electrons. The number of benzene rings is 2. The third kappa shape index (κ3) is 5.28. The van der Waals surface area contributed by atoms with Crippen molar-refractivity contribution < 1.29 is 26.7 Å². The molecule has 1 unspecified atom stereocenters. The highest BCUT2D eigenvalue weighted by atomic mass is 32.2. The average molecular weight is 609 g/mol. The number of aromatic nitrogens is 2. The third-order valence-corrected chi connectivity index (χ3v) is 10.2. The molecule has 2 aromatic heterocycles. The Morgan fingerprint density at radius 3 is 2.60 bits per heavy atom. The second-order valence-electron chi connectivity index (χ2n) is 10.5. The Kier molecular flexibility index (Phi) is 7.84. The number of carbonyl (C=O) groups excluding carboxylic acids is 1. The van der Waals surface area contributed by atoms with Crippen LogP contribution in [0.4, 0.5) is 14.5 Å². The number of nitrogens with one attached hydrogen (secondary N) is 2. The normalized spacial score (nSPS) is 17.5. The molecule has 1 amide bonds. The van der Waals surface area contributed by atoms with Gasteiger partial charge in [0.2, 0.25) is 15.9 Å². The molecule has 43 heavy (non-hydrogen) atoms. The van der Waals surface area contributed by atoms with Crippen LogP contribution in [0.25, 0.3) is 22.0 Å². The Morgan fingerprint density at radius 2 is 1.91 bits per heavy atom. The van der Waals surface area contributed by atoms with Crippen molar-refractivity contribution in [1.82, 2.24) is 8.96 Å². The summed E-state index contributed by atoms with van der Waals surface area (Å²) in [6, 6.07) is 8.11. The molecule has 1 aliphatic carbocycles. The van der Waals surface area contributed by atoms with Crippen LogP contribution in [0, 0.1) is 11.6 Å². The molecule has 2 heterocycles.